The molecule has 2 rings (SSSR count). The van der Waals surface area contributed by atoms with Crippen molar-refractivity contribution in [1.82, 2.24) is 14.5 Å². The first kappa shape index (κ1) is 8.77. The van der Waals surface area contributed by atoms with Crippen molar-refractivity contribution in [3.63, 3.8) is 0 Å². The minimum Gasteiger partial charge on any atom is -0.300 e. The maximum Gasteiger partial charge on any atom is 0.135 e. The topological polar surface area (TPSA) is 46.1 Å². The van der Waals surface area contributed by atoms with Gasteiger partial charge in [0.25, 0.3) is 0 Å². The Morgan fingerprint density at radius 1 is 1.46 bits per heavy atom. The summed E-state index contributed by atoms with van der Waals surface area (Å²) in [6.45, 7) is 2.58. The molecule has 0 amide bonds. The molecule has 5 heteroatoms. The molecule has 70 valence electrons. The van der Waals surface area contributed by atoms with E-state index in [0.717, 1.165) is 25.3 Å². The number of nitrogens with zero attached hydrogens (tertiary/aromatic N) is 3. The van der Waals surface area contributed by atoms with E-state index in [1.54, 1.807) is 0 Å². The van der Waals surface area contributed by atoms with Crippen molar-refractivity contribution in [2.45, 2.75) is 19.4 Å². The number of carbonyl (C=O) groups excluding carboxylic acids is 1. The molecule has 0 radical (unpaired) electrons. The van der Waals surface area contributed by atoms with E-state index in [9.17, 15) is 4.79 Å². The number of carbonyl (C=O) groups is 1. The number of piperidine rings is 1. The fourth-order valence-electron chi connectivity index (χ4n) is 1.44. The lowest BCUT2D eigenvalue weighted by atomic mass is 10.1. The predicted octanol–water partition coefficient (Wildman–Crippen LogP) is 0.703. The molecular formula is C8H11N3OS. The Morgan fingerprint density at radius 3 is 2.85 bits per heavy atom. The van der Waals surface area contributed by atoms with Crippen LogP contribution in [0.5, 0.6) is 0 Å². The van der Waals surface area contributed by atoms with Crippen LogP contribution >= 0.6 is 11.5 Å². The zero-order valence-electron chi connectivity index (χ0n) is 7.27. The minimum absolute atomic E-state index is 0.382. The van der Waals surface area contributed by atoms with Crippen molar-refractivity contribution in [3.05, 3.63) is 11.1 Å². The SMILES string of the molecule is O=C1CCN(Cc2csnn2)CC1. The molecule has 1 aliphatic heterocycles. The second-order valence-electron chi connectivity index (χ2n) is 3.21. The van der Waals surface area contributed by atoms with Gasteiger partial charge in [-0.1, -0.05) is 4.49 Å². The fourth-order valence-corrected chi connectivity index (χ4v) is 1.89. The molecule has 0 bridgehead atoms. The average molecular weight is 197 g/mol. The Hall–Kier alpha value is -0.810. The number of rotatable bonds is 2. The molecule has 1 aliphatic rings. The van der Waals surface area contributed by atoms with Gasteiger partial charge in [0.15, 0.2) is 0 Å². The maximum absolute atomic E-state index is 11.0. The Balaban J connectivity index is 1.86. The quantitative estimate of drug-likeness (QED) is 0.700. The number of hydrogen-bond donors (Lipinski definition) is 0. The van der Waals surface area contributed by atoms with Crippen LogP contribution in [0.4, 0.5) is 0 Å². The van der Waals surface area contributed by atoms with Crippen LogP contribution in [0, 0.1) is 0 Å². The molecule has 0 saturated carbocycles. The summed E-state index contributed by atoms with van der Waals surface area (Å²) in [5.41, 5.74) is 1.01. The van der Waals surface area contributed by atoms with Gasteiger partial charge in [-0.3, -0.25) is 9.69 Å². The highest BCUT2D eigenvalue weighted by molar-refractivity contribution is 7.03. The first-order valence-electron chi connectivity index (χ1n) is 4.34. The number of Topliss-reactive ketones (excluding diaryl/α,β-unsaturated/α-hetero) is 1. The first-order chi connectivity index (χ1) is 6.34. The summed E-state index contributed by atoms with van der Waals surface area (Å²) in [5.74, 6) is 0.382. The summed E-state index contributed by atoms with van der Waals surface area (Å²) in [6.07, 6.45) is 1.38. The van der Waals surface area contributed by atoms with E-state index in [4.69, 9.17) is 0 Å². The van der Waals surface area contributed by atoms with Gasteiger partial charge >= 0.3 is 0 Å². The second kappa shape index (κ2) is 3.93. The molecule has 0 N–H and O–H groups in total. The zero-order chi connectivity index (χ0) is 9.10. The van der Waals surface area contributed by atoms with E-state index in [1.807, 2.05) is 5.38 Å². The summed E-state index contributed by atoms with van der Waals surface area (Å²) in [7, 11) is 0. The number of ketones is 1. The van der Waals surface area contributed by atoms with Crippen molar-refractivity contribution in [2.75, 3.05) is 13.1 Å². The van der Waals surface area contributed by atoms with Gasteiger partial charge in [-0.2, -0.15) is 0 Å². The van der Waals surface area contributed by atoms with E-state index < -0.39 is 0 Å². The monoisotopic (exact) mass is 197 g/mol. The van der Waals surface area contributed by atoms with Gasteiger partial charge in [-0.15, -0.1) is 5.10 Å². The Morgan fingerprint density at radius 2 is 2.23 bits per heavy atom. The largest absolute Gasteiger partial charge is 0.300 e. The third-order valence-electron chi connectivity index (χ3n) is 2.20. The van der Waals surface area contributed by atoms with Gasteiger partial charge in [-0.25, -0.2) is 0 Å². The first-order valence-corrected chi connectivity index (χ1v) is 5.18. The van der Waals surface area contributed by atoms with Gasteiger partial charge in [-0.05, 0) is 11.5 Å². The third kappa shape index (κ3) is 2.32. The number of aromatic nitrogens is 2. The number of hydrogen-bond acceptors (Lipinski definition) is 5. The summed E-state index contributed by atoms with van der Waals surface area (Å²) >= 11 is 1.37. The highest BCUT2D eigenvalue weighted by Crippen LogP contribution is 2.09. The van der Waals surface area contributed by atoms with Crippen LogP contribution in [-0.4, -0.2) is 33.4 Å². The van der Waals surface area contributed by atoms with Crippen molar-refractivity contribution in [3.8, 4) is 0 Å². The van der Waals surface area contributed by atoms with E-state index in [1.165, 1.54) is 11.5 Å². The molecule has 1 aromatic rings. The molecule has 0 atom stereocenters. The minimum atomic E-state index is 0.382. The normalized spacial score (nSPS) is 19.2. The van der Waals surface area contributed by atoms with Crippen molar-refractivity contribution < 1.29 is 4.79 Å². The third-order valence-corrected chi connectivity index (χ3v) is 2.76. The molecule has 0 aliphatic carbocycles. The molecule has 0 unspecified atom stereocenters. The van der Waals surface area contributed by atoms with Gasteiger partial charge in [0.05, 0.1) is 5.69 Å². The summed E-state index contributed by atoms with van der Waals surface area (Å²) < 4.78 is 3.80. The lowest BCUT2D eigenvalue weighted by Gasteiger charge is -2.24. The Labute approximate surface area is 80.7 Å². The molecule has 1 saturated heterocycles. The van der Waals surface area contributed by atoms with Gasteiger partial charge in [0, 0.05) is 37.9 Å². The van der Waals surface area contributed by atoms with Crippen molar-refractivity contribution in [2.24, 2.45) is 0 Å². The molecular weight excluding hydrogens is 186 g/mol. The van der Waals surface area contributed by atoms with E-state index in [0.29, 0.717) is 18.6 Å². The van der Waals surface area contributed by atoms with Crippen LogP contribution in [0.3, 0.4) is 0 Å². The van der Waals surface area contributed by atoms with Gasteiger partial charge in [0.1, 0.15) is 5.78 Å². The summed E-state index contributed by atoms with van der Waals surface area (Å²) in [5, 5.41) is 5.93. The fraction of sp³-hybridized carbons (Fsp3) is 0.625. The van der Waals surface area contributed by atoms with Gasteiger partial charge in [0.2, 0.25) is 0 Å². The molecule has 4 nitrogen and oxygen atoms in total. The lowest BCUT2D eigenvalue weighted by molar-refractivity contribution is -0.121. The van der Waals surface area contributed by atoms with Crippen LogP contribution in [0.15, 0.2) is 5.38 Å². The number of likely N-dealkylation sites (tertiary alicyclic amines) is 1. The predicted molar refractivity (Wildman–Crippen MR) is 49.4 cm³/mol. The average Bonchev–Trinajstić information content (AvgIpc) is 2.62. The highest BCUT2D eigenvalue weighted by atomic mass is 32.1. The molecule has 2 heterocycles. The second-order valence-corrected chi connectivity index (χ2v) is 3.82. The summed E-state index contributed by atoms with van der Waals surface area (Å²) in [4.78, 5) is 13.2. The van der Waals surface area contributed by atoms with E-state index in [2.05, 4.69) is 14.5 Å². The van der Waals surface area contributed by atoms with Crippen LogP contribution in [-0.2, 0) is 11.3 Å². The summed E-state index contributed by atoms with van der Waals surface area (Å²) in [6, 6.07) is 0. The Kier molecular flexibility index (Phi) is 2.65. The molecule has 0 aromatic carbocycles. The van der Waals surface area contributed by atoms with Crippen LogP contribution < -0.4 is 0 Å². The van der Waals surface area contributed by atoms with E-state index in [-0.39, 0.29) is 0 Å². The molecule has 13 heavy (non-hydrogen) atoms. The van der Waals surface area contributed by atoms with Crippen LogP contribution in [0.2, 0.25) is 0 Å². The molecule has 0 spiro atoms. The van der Waals surface area contributed by atoms with E-state index >= 15 is 0 Å². The van der Waals surface area contributed by atoms with Gasteiger partial charge < -0.3 is 0 Å². The van der Waals surface area contributed by atoms with Crippen molar-refractivity contribution >= 4 is 17.3 Å². The van der Waals surface area contributed by atoms with Crippen LogP contribution in [0.1, 0.15) is 18.5 Å². The van der Waals surface area contributed by atoms with Crippen molar-refractivity contribution in [1.29, 1.82) is 0 Å². The lowest BCUT2D eigenvalue weighted by Crippen LogP contribution is -2.33. The zero-order valence-corrected chi connectivity index (χ0v) is 8.09. The molecule has 1 fully saturated rings. The highest BCUT2D eigenvalue weighted by Gasteiger charge is 2.16. The molecule has 1 aromatic heterocycles. The standard InChI is InChI=1S/C8H11N3OS/c12-8-1-3-11(4-2-8)5-7-6-13-10-9-7/h6H,1-5H2. The Bertz CT molecular complexity index is 276. The van der Waals surface area contributed by atoms with Crippen LogP contribution in [0.25, 0.3) is 0 Å². The smallest absolute Gasteiger partial charge is 0.135 e. The maximum atomic E-state index is 11.0.